The topological polar surface area (TPSA) is 164 Å². The van der Waals surface area contributed by atoms with E-state index in [1.807, 2.05) is 0 Å². The maximum Gasteiger partial charge on any atom is 0.362 e. The van der Waals surface area contributed by atoms with E-state index in [1.165, 1.54) is 12.5 Å². The molecule has 0 aliphatic carbocycles. The van der Waals surface area contributed by atoms with Gasteiger partial charge in [0.25, 0.3) is 11.8 Å². The van der Waals surface area contributed by atoms with Crippen LogP contribution >= 0.6 is 11.3 Å². The highest BCUT2D eigenvalue weighted by molar-refractivity contribution is 7.84. The van der Waals surface area contributed by atoms with Gasteiger partial charge in [-0.05, 0) is 5.56 Å². The highest BCUT2D eigenvalue weighted by Gasteiger charge is 2.54. The van der Waals surface area contributed by atoms with Crippen LogP contribution in [0.15, 0.2) is 40.9 Å². The summed E-state index contributed by atoms with van der Waals surface area (Å²) < 4.78 is 32.8. The number of anilines is 1. The molecule has 2 heterocycles. The summed E-state index contributed by atoms with van der Waals surface area (Å²) in [6.45, 7) is 0. The largest absolute Gasteiger partial charge is 0.398 e. The molecule has 1 aromatic carbocycles. The smallest absolute Gasteiger partial charge is 0.362 e. The zero-order valence-corrected chi connectivity index (χ0v) is 16.0. The number of oxime groups is 1. The van der Waals surface area contributed by atoms with Crippen molar-refractivity contribution in [3.63, 3.8) is 0 Å². The minimum absolute atomic E-state index is 0.136. The number of aromatic nitrogens is 1. The first kappa shape index (κ1) is 19.7. The number of thiazole rings is 1. The maximum atomic E-state index is 12.6. The van der Waals surface area contributed by atoms with Crippen LogP contribution in [0.4, 0.5) is 5.13 Å². The Balaban J connectivity index is 1.90. The van der Waals surface area contributed by atoms with Crippen molar-refractivity contribution in [1.29, 1.82) is 0 Å². The van der Waals surface area contributed by atoms with E-state index in [0.717, 1.165) is 11.3 Å². The summed E-state index contributed by atoms with van der Waals surface area (Å²) in [4.78, 5) is 33.6. The summed E-state index contributed by atoms with van der Waals surface area (Å²) in [5, 5.41) is 7.71. The number of hydrogen-bond donors (Lipinski definition) is 3. The van der Waals surface area contributed by atoms with Crippen molar-refractivity contribution in [2.75, 3.05) is 12.8 Å². The molecule has 0 saturated carbocycles. The number of nitrogen functional groups attached to an aromatic ring is 1. The number of nitrogens with zero attached hydrogens (tertiary/aromatic N) is 3. The average Bonchev–Trinajstić information content (AvgIpc) is 3.07. The molecule has 2 aromatic rings. The molecular formula is C15H15N5O6S2. The monoisotopic (exact) mass is 425 g/mol. The first-order valence-electron chi connectivity index (χ1n) is 7.73. The zero-order valence-electron chi connectivity index (χ0n) is 14.3. The first-order valence-corrected chi connectivity index (χ1v) is 10.0. The minimum Gasteiger partial charge on any atom is -0.398 e. The van der Waals surface area contributed by atoms with Crippen LogP contribution in [0.1, 0.15) is 17.3 Å². The molecule has 1 saturated heterocycles. The summed E-state index contributed by atoms with van der Waals surface area (Å²) >= 11 is 1.08. The van der Waals surface area contributed by atoms with Gasteiger partial charge in [0.1, 0.15) is 24.9 Å². The van der Waals surface area contributed by atoms with E-state index in [2.05, 4.69) is 20.3 Å². The van der Waals surface area contributed by atoms with Crippen molar-refractivity contribution in [3.8, 4) is 0 Å². The predicted molar refractivity (Wildman–Crippen MR) is 99.6 cm³/mol. The molecule has 4 N–H and O–H groups in total. The Kier molecular flexibility index (Phi) is 5.31. The summed E-state index contributed by atoms with van der Waals surface area (Å²) in [6.07, 6.45) is 0. The predicted octanol–water partition coefficient (Wildman–Crippen LogP) is -0.0531. The van der Waals surface area contributed by atoms with Crippen molar-refractivity contribution in [3.05, 3.63) is 47.0 Å². The number of nitrogens with two attached hydrogens (primary N) is 1. The van der Waals surface area contributed by atoms with Gasteiger partial charge in [-0.15, -0.1) is 11.3 Å². The Morgan fingerprint density at radius 2 is 2.07 bits per heavy atom. The van der Waals surface area contributed by atoms with Gasteiger partial charge in [-0.25, -0.2) is 9.29 Å². The number of β-lactam (4-membered cyclic amide) rings is 1. The van der Waals surface area contributed by atoms with E-state index in [9.17, 15) is 22.6 Å². The molecule has 1 aromatic heterocycles. The molecule has 11 nitrogen and oxygen atoms in total. The van der Waals surface area contributed by atoms with Gasteiger partial charge in [-0.1, -0.05) is 35.5 Å². The lowest BCUT2D eigenvalue weighted by molar-refractivity contribution is -0.145. The van der Waals surface area contributed by atoms with Crippen LogP contribution in [0.3, 0.4) is 0 Å². The number of rotatable bonds is 6. The summed E-state index contributed by atoms with van der Waals surface area (Å²) in [6, 6.07) is 5.75. The van der Waals surface area contributed by atoms with Crippen molar-refractivity contribution in [1.82, 2.24) is 14.6 Å². The number of hydrogen-bond acceptors (Lipinski definition) is 9. The summed E-state index contributed by atoms with van der Waals surface area (Å²) in [5.74, 6) is -1.80. The van der Waals surface area contributed by atoms with Gasteiger partial charge in [0.05, 0.1) is 0 Å². The van der Waals surface area contributed by atoms with Crippen LogP contribution in [0.2, 0.25) is 0 Å². The van der Waals surface area contributed by atoms with E-state index in [-0.39, 0.29) is 16.5 Å². The Labute approximate surface area is 163 Å². The van der Waals surface area contributed by atoms with Crippen LogP contribution in [0.25, 0.3) is 0 Å². The zero-order chi connectivity index (χ0) is 20.5. The molecule has 0 spiro atoms. The van der Waals surface area contributed by atoms with E-state index >= 15 is 0 Å². The van der Waals surface area contributed by atoms with Crippen LogP contribution in [-0.4, -0.2) is 52.9 Å². The van der Waals surface area contributed by atoms with Crippen molar-refractivity contribution in [2.24, 2.45) is 5.16 Å². The SMILES string of the molecule is CO/N=C(\C(=O)N[C@@H]1C(=O)N(S(=O)(=O)O)[C@@H]1c1ccccc1)c1csc(N)n1. The lowest BCUT2D eigenvalue weighted by Crippen LogP contribution is -2.67. The normalized spacial score (nSPS) is 19.9. The van der Waals surface area contributed by atoms with Crippen LogP contribution in [-0.2, 0) is 24.7 Å². The number of carbonyl (C=O) groups excluding carboxylic acids is 2. The molecule has 0 unspecified atom stereocenters. The van der Waals surface area contributed by atoms with Crippen molar-refractivity contribution < 1.29 is 27.4 Å². The molecule has 1 fully saturated rings. The molecule has 1 aliphatic heterocycles. The molecule has 1 aliphatic rings. The molecule has 3 rings (SSSR count). The second-order valence-corrected chi connectivity index (χ2v) is 7.79. The van der Waals surface area contributed by atoms with Gasteiger partial charge >= 0.3 is 10.3 Å². The standard InChI is InChI=1S/C15H15N5O6S2/c1-26-19-10(9-7-27-15(16)17-9)13(21)18-11-12(8-5-3-2-4-6-8)20(14(11)22)28(23,24)25/h2-7,11-12H,1H3,(H2,16,17)(H,18,21)(H,23,24,25)/b19-10-/t11-,12+/m0/s1. The van der Waals surface area contributed by atoms with Crippen molar-refractivity contribution >= 4 is 44.3 Å². The highest BCUT2D eigenvalue weighted by atomic mass is 32.2. The Bertz CT molecular complexity index is 1040. The summed E-state index contributed by atoms with van der Waals surface area (Å²) in [7, 11) is -3.58. The lowest BCUT2D eigenvalue weighted by atomic mass is 9.91. The quantitative estimate of drug-likeness (QED) is 0.251. The molecule has 148 valence electrons. The molecular weight excluding hydrogens is 410 g/mol. The van der Waals surface area contributed by atoms with E-state index < -0.39 is 34.2 Å². The summed E-state index contributed by atoms with van der Waals surface area (Å²) in [5.41, 5.74) is 5.87. The minimum atomic E-state index is -4.81. The molecule has 0 bridgehead atoms. The molecule has 2 atom stereocenters. The Morgan fingerprint density at radius 3 is 2.61 bits per heavy atom. The molecule has 13 heteroatoms. The average molecular weight is 425 g/mol. The second kappa shape index (κ2) is 7.53. The lowest BCUT2D eigenvalue weighted by Gasteiger charge is -2.44. The molecule has 0 radical (unpaired) electrons. The van der Waals surface area contributed by atoms with Gasteiger partial charge in [-0.2, -0.15) is 8.42 Å². The molecule has 28 heavy (non-hydrogen) atoms. The number of amides is 2. The van der Waals surface area contributed by atoms with Gasteiger partial charge in [-0.3, -0.25) is 14.1 Å². The van der Waals surface area contributed by atoms with Gasteiger partial charge in [0, 0.05) is 5.38 Å². The third-order valence-electron chi connectivity index (χ3n) is 3.89. The Morgan fingerprint density at radius 1 is 1.39 bits per heavy atom. The third kappa shape index (κ3) is 3.67. The second-order valence-electron chi connectivity index (χ2n) is 5.61. The van der Waals surface area contributed by atoms with E-state index in [1.54, 1.807) is 30.3 Å². The highest BCUT2D eigenvalue weighted by Crippen LogP contribution is 2.37. The Hall–Kier alpha value is -3.03. The maximum absolute atomic E-state index is 12.6. The number of benzene rings is 1. The number of carbonyl (C=O) groups is 2. The third-order valence-corrected chi connectivity index (χ3v) is 5.47. The van der Waals surface area contributed by atoms with Crippen LogP contribution < -0.4 is 11.1 Å². The fourth-order valence-electron chi connectivity index (χ4n) is 2.74. The number of nitrogens with one attached hydrogen (secondary N) is 1. The fourth-order valence-corrected chi connectivity index (χ4v) is 4.16. The first-order chi connectivity index (χ1) is 13.2. The fraction of sp³-hybridized carbons (Fsp3) is 0.200. The van der Waals surface area contributed by atoms with Gasteiger partial charge < -0.3 is 15.9 Å². The van der Waals surface area contributed by atoms with E-state index in [0.29, 0.717) is 9.87 Å². The molecule has 2 amide bonds. The van der Waals surface area contributed by atoms with Crippen LogP contribution in [0.5, 0.6) is 0 Å². The van der Waals surface area contributed by atoms with Crippen molar-refractivity contribution in [2.45, 2.75) is 12.1 Å². The van der Waals surface area contributed by atoms with Gasteiger partial charge in [0.2, 0.25) is 0 Å². The van der Waals surface area contributed by atoms with Crippen LogP contribution in [0, 0.1) is 0 Å². The van der Waals surface area contributed by atoms with Gasteiger partial charge in [0.15, 0.2) is 10.8 Å². The van der Waals surface area contributed by atoms with E-state index in [4.69, 9.17) is 5.73 Å².